The molecule has 2 rings (SSSR count). The summed E-state index contributed by atoms with van der Waals surface area (Å²) in [5.74, 6) is 0. The Morgan fingerprint density at radius 3 is 2.79 bits per heavy atom. The van der Waals surface area contributed by atoms with Gasteiger partial charge in [0.05, 0.1) is 12.5 Å². The summed E-state index contributed by atoms with van der Waals surface area (Å²) in [7, 11) is 0. The summed E-state index contributed by atoms with van der Waals surface area (Å²) in [5.41, 5.74) is 8.77. The van der Waals surface area contributed by atoms with E-state index in [1.54, 1.807) is 12.5 Å². The van der Waals surface area contributed by atoms with Crippen LogP contribution in [0.15, 0.2) is 41.2 Å². The average molecular weight is 208 g/mol. The third-order valence-electron chi connectivity index (χ3n) is 2.12. The molecule has 0 saturated carbocycles. The van der Waals surface area contributed by atoms with Gasteiger partial charge in [-0.05, 0) is 29.3 Å². The molecule has 1 aromatic heterocycles. The molecule has 0 bridgehead atoms. The van der Waals surface area contributed by atoms with Crippen molar-refractivity contribution in [2.45, 2.75) is 6.54 Å². The number of hydrogen-bond acceptors (Lipinski definition) is 2. The first-order valence-electron chi connectivity index (χ1n) is 4.32. The minimum Gasteiger partial charge on any atom is -0.472 e. The van der Waals surface area contributed by atoms with Crippen LogP contribution in [0.3, 0.4) is 0 Å². The van der Waals surface area contributed by atoms with Crippen LogP contribution in [0, 0.1) is 0 Å². The molecule has 0 fully saturated rings. The van der Waals surface area contributed by atoms with Crippen LogP contribution in [0.5, 0.6) is 0 Å². The zero-order valence-electron chi connectivity index (χ0n) is 7.53. The molecule has 3 heteroatoms. The Hall–Kier alpha value is -1.25. The molecule has 0 saturated heterocycles. The van der Waals surface area contributed by atoms with Gasteiger partial charge in [0, 0.05) is 17.1 Å². The molecule has 2 nitrogen and oxygen atoms in total. The van der Waals surface area contributed by atoms with Crippen LogP contribution >= 0.6 is 11.6 Å². The normalized spacial score (nSPS) is 10.4. The van der Waals surface area contributed by atoms with Crippen molar-refractivity contribution >= 4 is 11.6 Å². The van der Waals surface area contributed by atoms with Crippen LogP contribution < -0.4 is 5.73 Å². The second-order valence-electron chi connectivity index (χ2n) is 3.02. The molecule has 0 amide bonds. The molecular formula is C11H10ClNO. The highest BCUT2D eigenvalue weighted by Gasteiger charge is 2.05. The Morgan fingerprint density at radius 2 is 2.14 bits per heavy atom. The van der Waals surface area contributed by atoms with Crippen LogP contribution in [0.25, 0.3) is 11.1 Å². The molecule has 0 aliphatic rings. The van der Waals surface area contributed by atoms with Gasteiger partial charge >= 0.3 is 0 Å². The molecule has 0 radical (unpaired) electrons. The number of rotatable bonds is 2. The van der Waals surface area contributed by atoms with Crippen molar-refractivity contribution in [2.75, 3.05) is 0 Å². The molecule has 14 heavy (non-hydrogen) atoms. The molecule has 0 aliphatic carbocycles. The van der Waals surface area contributed by atoms with Crippen molar-refractivity contribution in [3.05, 3.63) is 47.4 Å². The standard InChI is InChI=1S/C11H10ClNO/c12-10-1-2-11(9(5-10)6-13)8-3-4-14-7-8/h1-5,7H,6,13H2. The molecule has 2 N–H and O–H groups in total. The SMILES string of the molecule is NCc1cc(Cl)ccc1-c1ccoc1. The van der Waals surface area contributed by atoms with Crippen molar-refractivity contribution in [3.8, 4) is 11.1 Å². The molecule has 0 spiro atoms. The summed E-state index contributed by atoms with van der Waals surface area (Å²) < 4.78 is 5.02. The van der Waals surface area contributed by atoms with E-state index >= 15 is 0 Å². The van der Waals surface area contributed by atoms with Crippen LogP contribution in [-0.2, 0) is 6.54 Å². The van der Waals surface area contributed by atoms with Gasteiger partial charge in [-0.2, -0.15) is 0 Å². The van der Waals surface area contributed by atoms with E-state index in [1.807, 2.05) is 24.3 Å². The van der Waals surface area contributed by atoms with Crippen LogP contribution in [0.2, 0.25) is 5.02 Å². The van der Waals surface area contributed by atoms with Crippen LogP contribution in [0.4, 0.5) is 0 Å². The van der Waals surface area contributed by atoms with E-state index < -0.39 is 0 Å². The Morgan fingerprint density at radius 1 is 1.29 bits per heavy atom. The zero-order valence-corrected chi connectivity index (χ0v) is 8.29. The van der Waals surface area contributed by atoms with E-state index in [9.17, 15) is 0 Å². The van der Waals surface area contributed by atoms with E-state index in [2.05, 4.69) is 0 Å². The molecule has 1 aromatic carbocycles. The lowest BCUT2D eigenvalue weighted by Crippen LogP contribution is -1.98. The minimum atomic E-state index is 0.473. The first kappa shape index (κ1) is 9.31. The zero-order chi connectivity index (χ0) is 9.97. The van der Waals surface area contributed by atoms with E-state index in [4.69, 9.17) is 21.8 Å². The van der Waals surface area contributed by atoms with Crippen molar-refractivity contribution in [1.29, 1.82) is 0 Å². The van der Waals surface area contributed by atoms with Gasteiger partial charge in [0.25, 0.3) is 0 Å². The third kappa shape index (κ3) is 1.67. The van der Waals surface area contributed by atoms with Gasteiger partial charge < -0.3 is 10.2 Å². The lowest BCUT2D eigenvalue weighted by atomic mass is 10.0. The molecular weight excluding hydrogens is 198 g/mol. The summed E-state index contributed by atoms with van der Waals surface area (Å²) in [6.45, 7) is 0.473. The number of halogens is 1. The predicted octanol–water partition coefficient (Wildman–Crippen LogP) is 3.06. The van der Waals surface area contributed by atoms with Crippen molar-refractivity contribution < 1.29 is 4.42 Å². The predicted molar refractivity (Wildman–Crippen MR) is 57.0 cm³/mol. The molecule has 0 unspecified atom stereocenters. The van der Waals surface area contributed by atoms with Crippen molar-refractivity contribution in [2.24, 2.45) is 5.73 Å². The highest BCUT2D eigenvalue weighted by Crippen LogP contribution is 2.26. The minimum absolute atomic E-state index is 0.473. The van der Waals surface area contributed by atoms with Gasteiger partial charge in [-0.1, -0.05) is 17.7 Å². The monoisotopic (exact) mass is 207 g/mol. The number of benzene rings is 1. The summed E-state index contributed by atoms with van der Waals surface area (Å²) in [5, 5.41) is 0.706. The quantitative estimate of drug-likeness (QED) is 0.822. The Labute approximate surface area is 87.3 Å². The largest absolute Gasteiger partial charge is 0.472 e. The summed E-state index contributed by atoms with van der Waals surface area (Å²) in [6, 6.07) is 7.59. The average Bonchev–Trinajstić information content (AvgIpc) is 2.70. The summed E-state index contributed by atoms with van der Waals surface area (Å²) in [6.07, 6.45) is 3.34. The number of furan rings is 1. The maximum absolute atomic E-state index is 5.88. The van der Waals surface area contributed by atoms with Gasteiger partial charge in [-0.25, -0.2) is 0 Å². The van der Waals surface area contributed by atoms with E-state index in [0.29, 0.717) is 11.6 Å². The fourth-order valence-corrected chi connectivity index (χ4v) is 1.63. The molecule has 0 atom stereocenters. The lowest BCUT2D eigenvalue weighted by Gasteiger charge is -2.05. The Bertz CT molecular complexity index is 423. The Kier molecular flexibility index (Phi) is 2.57. The van der Waals surface area contributed by atoms with E-state index in [1.165, 1.54) is 0 Å². The van der Waals surface area contributed by atoms with Gasteiger partial charge in [-0.15, -0.1) is 0 Å². The van der Waals surface area contributed by atoms with Crippen LogP contribution in [0.1, 0.15) is 5.56 Å². The van der Waals surface area contributed by atoms with Gasteiger partial charge in [0.15, 0.2) is 0 Å². The highest BCUT2D eigenvalue weighted by molar-refractivity contribution is 6.30. The highest BCUT2D eigenvalue weighted by atomic mass is 35.5. The van der Waals surface area contributed by atoms with Crippen molar-refractivity contribution in [3.63, 3.8) is 0 Å². The molecule has 2 aromatic rings. The summed E-state index contributed by atoms with van der Waals surface area (Å²) in [4.78, 5) is 0. The van der Waals surface area contributed by atoms with Gasteiger partial charge in [-0.3, -0.25) is 0 Å². The number of nitrogens with two attached hydrogens (primary N) is 1. The van der Waals surface area contributed by atoms with Crippen molar-refractivity contribution in [1.82, 2.24) is 0 Å². The fraction of sp³-hybridized carbons (Fsp3) is 0.0909. The fourth-order valence-electron chi connectivity index (χ4n) is 1.43. The summed E-state index contributed by atoms with van der Waals surface area (Å²) >= 11 is 5.88. The molecule has 1 heterocycles. The smallest absolute Gasteiger partial charge is 0.0981 e. The van der Waals surface area contributed by atoms with E-state index in [-0.39, 0.29) is 0 Å². The van der Waals surface area contributed by atoms with E-state index in [0.717, 1.165) is 16.7 Å². The third-order valence-corrected chi connectivity index (χ3v) is 2.35. The molecule has 0 aliphatic heterocycles. The van der Waals surface area contributed by atoms with Gasteiger partial charge in [0.2, 0.25) is 0 Å². The maximum atomic E-state index is 5.88. The first-order chi connectivity index (χ1) is 6.81. The first-order valence-corrected chi connectivity index (χ1v) is 4.70. The molecule has 72 valence electrons. The van der Waals surface area contributed by atoms with Crippen LogP contribution in [-0.4, -0.2) is 0 Å². The second-order valence-corrected chi connectivity index (χ2v) is 3.45. The second kappa shape index (κ2) is 3.86. The Balaban J connectivity index is 2.53. The van der Waals surface area contributed by atoms with Gasteiger partial charge in [0.1, 0.15) is 0 Å². The lowest BCUT2D eigenvalue weighted by molar-refractivity contribution is 0.568. The maximum Gasteiger partial charge on any atom is 0.0981 e. The topological polar surface area (TPSA) is 39.2 Å². The number of hydrogen-bond donors (Lipinski definition) is 1.